The summed E-state index contributed by atoms with van der Waals surface area (Å²) in [6, 6.07) is 0. The summed E-state index contributed by atoms with van der Waals surface area (Å²) in [5.74, 6) is 0. The third-order valence-electron chi connectivity index (χ3n) is 1.87. The molecule has 1 unspecified atom stereocenters. The molecule has 1 saturated carbocycles. The molecular formula is C6H11O2. The van der Waals surface area contributed by atoms with Gasteiger partial charge in [0.25, 0.3) is 0 Å². The average molecular weight is 115 g/mol. The summed E-state index contributed by atoms with van der Waals surface area (Å²) in [7, 11) is 0. The van der Waals surface area contributed by atoms with Crippen LogP contribution in [0.1, 0.15) is 13.8 Å². The smallest absolute Gasteiger partial charge is 0.0969 e. The quantitative estimate of drug-likeness (QED) is 0.503. The molecule has 0 aromatic rings. The minimum absolute atomic E-state index is 0.153. The number of aliphatic hydroxyl groups excluding tert-OH is 1. The van der Waals surface area contributed by atoms with E-state index in [1.54, 1.807) is 6.42 Å². The molecule has 2 N–H and O–H groups in total. The summed E-state index contributed by atoms with van der Waals surface area (Å²) < 4.78 is 0. The Labute approximate surface area is 49.1 Å². The van der Waals surface area contributed by atoms with E-state index in [4.69, 9.17) is 10.2 Å². The molecule has 0 aromatic heterocycles. The lowest BCUT2D eigenvalue weighted by Crippen LogP contribution is -2.20. The molecule has 1 atom stereocenters. The highest BCUT2D eigenvalue weighted by Crippen LogP contribution is 2.53. The monoisotopic (exact) mass is 115 g/mol. The van der Waals surface area contributed by atoms with Gasteiger partial charge in [0.2, 0.25) is 0 Å². The zero-order valence-electron chi connectivity index (χ0n) is 5.18. The zero-order valence-corrected chi connectivity index (χ0v) is 5.18. The van der Waals surface area contributed by atoms with Gasteiger partial charge in [-0.05, 0) is 0 Å². The van der Waals surface area contributed by atoms with Gasteiger partial charge in [0.1, 0.15) is 0 Å². The van der Waals surface area contributed by atoms with E-state index in [-0.39, 0.29) is 12.0 Å². The molecule has 1 radical (unpaired) electrons. The van der Waals surface area contributed by atoms with Crippen LogP contribution in [0.4, 0.5) is 0 Å². The average Bonchev–Trinajstić information content (AvgIpc) is 2.10. The molecule has 1 aliphatic rings. The number of rotatable bonds is 1. The van der Waals surface area contributed by atoms with E-state index in [0.717, 1.165) is 0 Å². The summed E-state index contributed by atoms with van der Waals surface area (Å²) in [5, 5.41) is 17.7. The Morgan fingerprint density at radius 2 is 1.88 bits per heavy atom. The van der Waals surface area contributed by atoms with Crippen molar-refractivity contribution in [3.8, 4) is 0 Å². The van der Waals surface area contributed by atoms with E-state index in [9.17, 15) is 0 Å². The van der Waals surface area contributed by atoms with Gasteiger partial charge in [-0.15, -0.1) is 0 Å². The highest BCUT2D eigenvalue weighted by Gasteiger charge is 2.60. The van der Waals surface area contributed by atoms with Crippen molar-refractivity contribution in [2.75, 3.05) is 6.61 Å². The highest BCUT2D eigenvalue weighted by molar-refractivity contribution is 5.27. The van der Waals surface area contributed by atoms with Gasteiger partial charge in [-0.25, -0.2) is 0 Å². The molecule has 0 aromatic carbocycles. The normalized spacial score (nSPS) is 42.0. The predicted molar refractivity (Wildman–Crippen MR) is 30.1 cm³/mol. The first-order valence-corrected chi connectivity index (χ1v) is 2.72. The molecule has 0 aliphatic heterocycles. The molecule has 0 bridgehead atoms. The summed E-state index contributed by atoms with van der Waals surface area (Å²) >= 11 is 0. The van der Waals surface area contributed by atoms with Crippen LogP contribution in [-0.4, -0.2) is 22.4 Å². The molecule has 2 nitrogen and oxygen atoms in total. The Kier molecular flexibility index (Phi) is 0.946. The van der Waals surface area contributed by atoms with Gasteiger partial charge in [-0.1, -0.05) is 13.8 Å². The van der Waals surface area contributed by atoms with Gasteiger partial charge in [0.05, 0.1) is 12.2 Å². The molecule has 2 heteroatoms. The van der Waals surface area contributed by atoms with E-state index < -0.39 is 5.60 Å². The maximum Gasteiger partial charge on any atom is 0.0969 e. The van der Waals surface area contributed by atoms with E-state index in [2.05, 4.69) is 0 Å². The van der Waals surface area contributed by atoms with Crippen molar-refractivity contribution in [2.24, 2.45) is 5.41 Å². The Morgan fingerprint density at radius 3 is 1.88 bits per heavy atom. The van der Waals surface area contributed by atoms with Gasteiger partial charge < -0.3 is 10.2 Å². The molecule has 0 spiro atoms. The highest BCUT2D eigenvalue weighted by atomic mass is 16.3. The van der Waals surface area contributed by atoms with Crippen molar-refractivity contribution in [1.82, 2.24) is 0 Å². The van der Waals surface area contributed by atoms with E-state index >= 15 is 0 Å². The van der Waals surface area contributed by atoms with E-state index in [1.165, 1.54) is 0 Å². The van der Waals surface area contributed by atoms with Crippen LogP contribution in [-0.2, 0) is 0 Å². The summed E-state index contributed by atoms with van der Waals surface area (Å²) in [4.78, 5) is 0. The zero-order chi connectivity index (χ0) is 6.41. The lowest BCUT2D eigenvalue weighted by Gasteiger charge is -2.07. The fourth-order valence-corrected chi connectivity index (χ4v) is 0.810. The second-order valence-corrected chi connectivity index (χ2v) is 2.95. The topological polar surface area (TPSA) is 40.5 Å². The van der Waals surface area contributed by atoms with Crippen LogP contribution in [0, 0.1) is 11.8 Å². The summed E-state index contributed by atoms with van der Waals surface area (Å²) in [6.45, 7) is 3.63. The van der Waals surface area contributed by atoms with Crippen molar-refractivity contribution < 1.29 is 10.2 Å². The van der Waals surface area contributed by atoms with Crippen molar-refractivity contribution in [3.63, 3.8) is 0 Å². The molecule has 1 rings (SSSR count). The second-order valence-electron chi connectivity index (χ2n) is 2.95. The molecule has 1 aliphatic carbocycles. The molecule has 0 saturated heterocycles. The Morgan fingerprint density at radius 1 is 1.50 bits per heavy atom. The summed E-state index contributed by atoms with van der Waals surface area (Å²) in [6.07, 6.45) is 1.74. The van der Waals surface area contributed by atoms with Crippen molar-refractivity contribution in [1.29, 1.82) is 0 Å². The second kappa shape index (κ2) is 1.25. The van der Waals surface area contributed by atoms with Gasteiger partial charge in [0, 0.05) is 11.8 Å². The third kappa shape index (κ3) is 0.565. The SMILES string of the molecule is CC1(C)[CH]C1(O)CO. The first-order chi connectivity index (χ1) is 3.52. The van der Waals surface area contributed by atoms with Crippen LogP contribution in [0.5, 0.6) is 0 Å². The van der Waals surface area contributed by atoms with Crippen LogP contribution in [0.2, 0.25) is 0 Å². The lowest BCUT2D eigenvalue weighted by molar-refractivity contribution is 0.0485. The van der Waals surface area contributed by atoms with Crippen LogP contribution in [0.25, 0.3) is 0 Å². The molecular weight excluding hydrogens is 104 g/mol. The van der Waals surface area contributed by atoms with Crippen LogP contribution >= 0.6 is 0 Å². The first kappa shape index (κ1) is 6.05. The van der Waals surface area contributed by atoms with Crippen LogP contribution in [0.3, 0.4) is 0 Å². The van der Waals surface area contributed by atoms with E-state index in [1.807, 2.05) is 13.8 Å². The number of hydrogen-bond acceptors (Lipinski definition) is 2. The van der Waals surface area contributed by atoms with Crippen molar-refractivity contribution in [2.45, 2.75) is 19.4 Å². The van der Waals surface area contributed by atoms with Crippen LogP contribution in [0.15, 0.2) is 0 Å². The van der Waals surface area contributed by atoms with Crippen molar-refractivity contribution in [3.05, 3.63) is 6.42 Å². The Hall–Kier alpha value is -0.0800. The van der Waals surface area contributed by atoms with E-state index in [0.29, 0.717) is 0 Å². The minimum atomic E-state index is -0.882. The standard InChI is InChI=1S/C6H11O2/c1-5(2)3-6(5,8)4-7/h3,7-8H,4H2,1-2H3. The van der Waals surface area contributed by atoms with Gasteiger partial charge >= 0.3 is 0 Å². The predicted octanol–water partition coefficient (Wildman–Crippen LogP) is -0.0461. The summed E-state index contributed by atoms with van der Waals surface area (Å²) in [5.41, 5.74) is -1.05. The maximum atomic E-state index is 9.16. The number of aliphatic hydroxyl groups is 2. The molecule has 0 heterocycles. The molecule has 1 fully saturated rings. The Bertz CT molecular complexity index is 109. The van der Waals surface area contributed by atoms with Crippen LogP contribution < -0.4 is 0 Å². The van der Waals surface area contributed by atoms with Crippen molar-refractivity contribution >= 4 is 0 Å². The van der Waals surface area contributed by atoms with Gasteiger partial charge in [-0.2, -0.15) is 0 Å². The third-order valence-corrected chi connectivity index (χ3v) is 1.87. The molecule has 8 heavy (non-hydrogen) atoms. The largest absolute Gasteiger partial charge is 0.393 e. The minimum Gasteiger partial charge on any atom is -0.393 e. The molecule has 0 amide bonds. The number of hydrogen-bond donors (Lipinski definition) is 2. The fraction of sp³-hybridized carbons (Fsp3) is 0.833. The molecule has 47 valence electrons. The van der Waals surface area contributed by atoms with Gasteiger partial charge in [-0.3, -0.25) is 0 Å². The fourth-order valence-electron chi connectivity index (χ4n) is 0.810. The van der Waals surface area contributed by atoms with Gasteiger partial charge in [0.15, 0.2) is 0 Å². The maximum absolute atomic E-state index is 9.16. The Balaban J connectivity index is 2.55. The lowest BCUT2D eigenvalue weighted by atomic mass is 10.1. The first-order valence-electron chi connectivity index (χ1n) is 2.72.